The molecule has 2 rings (SSSR count). The van der Waals surface area contributed by atoms with E-state index in [0.717, 1.165) is 44.9 Å². The summed E-state index contributed by atoms with van der Waals surface area (Å²) in [5.74, 6) is 0.00165. The molecule has 2 atom stereocenters. The third-order valence-corrected chi connectivity index (χ3v) is 4.52. The van der Waals surface area contributed by atoms with Crippen molar-refractivity contribution in [2.75, 3.05) is 0 Å². The number of unbranched alkanes of at least 4 members (excludes halogenated alkanes) is 1. The van der Waals surface area contributed by atoms with E-state index in [4.69, 9.17) is 0 Å². The topological polar surface area (TPSA) is 37.3 Å². The molecule has 1 saturated carbocycles. The van der Waals surface area contributed by atoms with Gasteiger partial charge in [-0.1, -0.05) is 43.7 Å². The molecule has 0 aromatic heterocycles. The van der Waals surface area contributed by atoms with Crippen LogP contribution in [0.3, 0.4) is 0 Å². The number of aliphatic carboxylic acids is 1. The molecule has 0 amide bonds. The summed E-state index contributed by atoms with van der Waals surface area (Å²) in [5, 5.41) is 9.50. The van der Waals surface area contributed by atoms with Gasteiger partial charge in [0.05, 0.1) is 5.41 Å². The number of carboxylic acid groups (broad SMARTS) is 1. The minimum absolute atomic E-state index is 0.421. The van der Waals surface area contributed by atoms with Crippen LogP contribution in [0.1, 0.15) is 51.0 Å². The molecule has 2 nitrogen and oxygen atoms in total. The highest BCUT2D eigenvalue weighted by Crippen LogP contribution is 2.45. The van der Waals surface area contributed by atoms with Crippen molar-refractivity contribution in [3.63, 3.8) is 0 Å². The molecule has 1 aromatic carbocycles. The van der Waals surface area contributed by atoms with Crippen LogP contribution >= 0.6 is 0 Å². The Hall–Kier alpha value is -1.31. The Morgan fingerprint density at radius 1 is 1.32 bits per heavy atom. The molecule has 1 aliphatic carbocycles. The van der Waals surface area contributed by atoms with Crippen LogP contribution in [0.5, 0.6) is 0 Å². The smallest absolute Gasteiger partial charge is 0.309 e. The number of benzene rings is 1. The molecule has 0 radical (unpaired) electrons. The molecule has 0 saturated heterocycles. The van der Waals surface area contributed by atoms with Gasteiger partial charge < -0.3 is 5.11 Å². The molecule has 104 valence electrons. The van der Waals surface area contributed by atoms with E-state index in [9.17, 15) is 9.90 Å². The van der Waals surface area contributed by atoms with E-state index < -0.39 is 11.4 Å². The first-order valence-corrected chi connectivity index (χ1v) is 7.40. The molecule has 0 aliphatic heterocycles. The highest BCUT2D eigenvalue weighted by molar-refractivity contribution is 5.75. The van der Waals surface area contributed by atoms with E-state index in [0.29, 0.717) is 5.92 Å². The molecule has 0 bridgehead atoms. The van der Waals surface area contributed by atoms with E-state index in [1.54, 1.807) is 0 Å². The van der Waals surface area contributed by atoms with Crippen molar-refractivity contribution in [3.05, 3.63) is 35.9 Å². The Kier molecular flexibility index (Phi) is 4.62. The molecule has 1 fully saturated rings. The maximum Gasteiger partial charge on any atom is 0.309 e. The Morgan fingerprint density at radius 3 is 2.63 bits per heavy atom. The normalized spacial score (nSPS) is 26.5. The number of hydrogen-bond acceptors (Lipinski definition) is 1. The van der Waals surface area contributed by atoms with Crippen LogP contribution in [0, 0.1) is 11.3 Å². The summed E-state index contributed by atoms with van der Waals surface area (Å²) >= 11 is 0. The predicted octanol–water partition coefficient (Wildman–Crippen LogP) is 4.29. The summed E-state index contributed by atoms with van der Waals surface area (Å²) in [6.07, 6.45) is 6.83. The molecule has 0 heterocycles. The van der Waals surface area contributed by atoms with Crippen LogP contribution in [0.25, 0.3) is 0 Å². The maximum atomic E-state index is 11.5. The number of carbonyl (C=O) groups is 1. The highest BCUT2D eigenvalue weighted by Gasteiger charge is 2.43. The number of rotatable bonds is 6. The second-order valence-corrected chi connectivity index (χ2v) is 6.13. The van der Waals surface area contributed by atoms with Gasteiger partial charge in [0.1, 0.15) is 0 Å². The van der Waals surface area contributed by atoms with Crippen LogP contribution in [-0.4, -0.2) is 11.1 Å². The summed E-state index contributed by atoms with van der Waals surface area (Å²) in [4.78, 5) is 11.5. The van der Waals surface area contributed by atoms with Crippen LogP contribution in [0.15, 0.2) is 30.3 Å². The third kappa shape index (κ3) is 3.59. The fraction of sp³-hybridized carbons (Fsp3) is 0.588. The Bertz CT molecular complexity index is 413. The van der Waals surface area contributed by atoms with Crippen LogP contribution in [0.4, 0.5) is 0 Å². The highest BCUT2D eigenvalue weighted by atomic mass is 16.4. The molecule has 2 heteroatoms. The quantitative estimate of drug-likeness (QED) is 0.775. The summed E-state index contributed by atoms with van der Waals surface area (Å²) in [7, 11) is 0. The first-order valence-electron chi connectivity index (χ1n) is 7.40. The third-order valence-electron chi connectivity index (χ3n) is 4.52. The van der Waals surface area contributed by atoms with E-state index in [1.165, 1.54) is 5.56 Å². The summed E-state index contributed by atoms with van der Waals surface area (Å²) in [5.41, 5.74) is 0.933. The first kappa shape index (κ1) is 14.1. The van der Waals surface area contributed by atoms with Crippen molar-refractivity contribution in [3.8, 4) is 0 Å². The number of hydrogen-bond donors (Lipinski definition) is 1. The second kappa shape index (κ2) is 6.23. The van der Waals surface area contributed by atoms with Gasteiger partial charge in [0.15, 0.2) is 0 Å². The SMILES string of the molecule is CC1CCC(CCCCc2ccccc2)(C(=O)O)C1. The van der Waals surface area contributed by atoms with E-state index in [1.807, 2.05) is 6.07 Å². The van der Waals surface area contributed by atoms with Crippen LogP contribution < -0.4 is 0 Å². The zero-order valence-corrected chi connectivity index (χ0v) is 11.8. The van der Waals surface area contributed by atoms with Gasteiger partial charge in [0, 0.05) is 0 Å². The van der Waals surface area contributed by atoms with Gasteiger partial charge >= 0.3 is 5.97 Å². The Balaban J connectivity index is 1.79. The summed E-state index contributed by atoms with van der Waals surface area (Å²) in [6.45, 7) is 2.18. The lowest BCUT2D eigenvalue weighted by Gasteiger charge is -2.24. The Labute approximate surface area is 115 Å². The van der Waals surface area contributed by atoms with Gasteiger partial charge in [-0.2, -0.15) is 0 Å². The van der Waals surface area contributed by atoms with Crippen LogP contribution in [0.2, 0.25) is 0 Å². The minimum atomic E-state index is -0.573. The van der Waals surface area contributed by atoms with Crippen LogP contribution in [-0.2, 0) is 11.2 Å². The second-order valence-electron chi connectivity index (χ2n) is 6.13. The van der Waals surface area contributed by atoms with Gasteiger partial charge in [0.25, 0.3) is 0 Å². The van der Waals surface area contributed by atoms with Crippen molar-refractivity contribution in [1.29, 1.82) is 0 Å². The molecular formula is C17H24O2. The minimum Gasteiger partial charge on any atom is -0.481 e. The average Bonchev–Trinajstić information content (AvgIpc) is 2.79. The summed E-state index contributed by atoms with van der Waals surface area (Å²) in [6, 6.07) is 10.4. The average molecular weight is 260 g/mol. The first-order chi connectivity index (χ1) is 9.12. The van der Waals surface area contributed by atoms with Crippen molar-refractivity contribution >= 4 is 5.97 Å². The largest absolute Gasteiger partial charge is 0.481 e. The molecule has 0 spiro atoms. The van der Waals surface area contributed by atoms with Crippen molar-refractivity contribution < 1.29 is 9.90 Å². The standard InChI is InChI=1S/C17H24O2/c1-14-10-12-17(13-14,16(18)19)11-6-5-9-15-7-3-2-4-8-15/h2-4,7-8,14H,5-6,9-13H2,1H3,(H,18,19). The van der Waals surface area contributed by atoms with Crippen molar-refractivity contribution in [1.82, 2.24) is 0 Å². The number of carboxylic acids is 1. The Morgan fingerprint density at radius 2 is 2.05 bits per heavy atom. The van der Waals surface area contributed by atoms with E-state index in [2.05, 4.69) is 31.2 Å². The lowest BCUT2D eigenvalue weighted by Crippen LogP contribution is -2.28. The van der Waals surface area contributed by atoms with Gasteiger partial charge in [-0.25, -0.2) is 0 Å². The van der Waals surface area contributed by atoms with Gasteiger partial charge in [-0.05, 0) is 50.0 Å². The lowest BCUT2D eigenvalue weighted by molar-refractivity contribution is -0.149. The van der Waals surface area contributed by atoms with Gasteiger partial charge in [-0.15, -0.1) is 0 Å². The fourth-order valence-corrected chi connectivity index (χ4v) is 3.36. The summed E-state index contributed by atoms with van der Waals surface area (Å²) < 4.78 is 0. The zero-order chi connectivity index (χ0) is 13.7. The van der Waals surface area contributed by atoms with Crippen molar-refractivity contribution in [2.45, 2.75) is 51.9 Å². The lowest BCUT2D eigenvalue weighted by atomic mass is 9.80. The van der Waals surface area contributed by atoms with Crippen molar-refractivity contribution in [2.24, 2.45) is 11.3 Å². The zero-order valence-electron chi connectivity index (χ0n) is 11.8. The molecule has 1 N–H and O–H groups in total. The number of aryl methyl sites for hydroxylation is 1. The van der Waals surface area contributed by atoms with E-state index >= 15 is 0 Å². The molecule has 19 heavy (non-hydrogen) atoms. The van der Waals surface area contributed by atoms with Gasteiger partial charge in [0.2, 0.25) is 0 Å². The van der Waals surface area contributed by atoms with Gasteiger partial charge in [-0.3, -0.25) is 4.79 Å². The molecular weight excluding hydrogens is 236 g/mol. The predicted molar refractivity (Wildman–Crippen MR) is 77.1 cm³/mol. The molecule has 2 unspecified atom stereocenters. The fourth-order valence-electron chi connectivity index (χ4n) is 3.36. The monoisotopic (exact) mass is 260 g/mol. The van der Waals surface area contributed by atoms with E-state index in [-0.39, 0.29) is 0 Å². The maximum absolute atomic E-state index is 11.5. The molecule has 1 aliphatic rings. The molecule has 1 aromatic rings.